The van der Waals surface area contributed by atoms with Gasteiger partial charge in [0.15, 0.2) is 0 Å². The standard InChI is InChI=1S/C24H38O7S.Na/c1-2-3-4-5-6-7-8-9-10-11-12-15-18-30-23(25)21-16-13-14-17-22(21)24(26)31-19-20-32(27,28)29;/h13-14,16-17H,2-12,15,18-20H2,1H3,(H,27,28,29);/q;+1/p-1. The summed E-state index contributed by atoms with van der Waals surface area (Å²) in [6, 6.07) is 6.00. The van der Waals surface area contributed by atoms with Crippen molar-refractivity contribution in [3.63, 3.8) is 0 Å². The zero-order chi connectivity index (χ0) is 23.7. The van der Waals surface area contributed by atoms with Crippen LogP contribution < -0.4 is 29.6 Å². The Kier molecular flexibility index (Phi) is 18.8. The average molecular weight is 493 g/mol. The van der Waals surface area contributed by atoms with Crippen LogP contribution in [-0.2, 0) is 19.6 Å². The van der Waals surface area contributed by atoms with E-state index in [-0.39, 0.29) is 47.3 Å². The Bertz CT molecular complexity index is 781. The molecular weight excluding hydrogens is 455 g/mol. The van der Waals surface area contributed by atoms with Crippen molar-refractivity contribution in [3.8, 4) is 0 Å². The number of ether oxygens (including phenoxy) is 2. The molecule has 0 aliphatic heterocycles. The molecule has 0 saturated heterocycles. The number of carbonyl (C=O) groups is 2. The molecule has 1 aromatic carbocycles. The summed E-state index contributed by atoms with van der Waals surface area (Å²) in [6.07, 6.45) is 14.6. The fraction of sp³-hybridized carbons (Fsp3) is 0.667. The van der Waals surface area contributed by atoms with Gasteiger partial charge in [0.1, 0.15) is 6.61 Å². The fourth-order valence-electron chi connectivity index (χ4n) is 3.34. The summed E-state index contributed by atoms with van der Waals surface area (Å²) in [5.41, 5.74) is 0.0388. The van der Waals surface area contributed by atoms with Crippen molar-refractivity contribution >= 4 is 22.1 Å². The molecule has 0 atom stereocenters. The maximum Gasteiger partial charge on any atom is 1.00 e. The van der Waals surface area contributed by atoms with Crippen molar-refractivity contribution in [3.05, 3.63) is 35.4 Å². The molecule has 0 aliphatic carbocycles. The number of hydrogen-bond acceptors (Lipinski definition) is 7. The van der Waals surface area contributed by atoms with Crippen LogP contribution in [0.5, 0.6) is 0 Å². The van der Waals surface area contributed by atoms with Crippen LogP contribution >= 0.6 is 0 Å². The molecular formula is C24H37NaO7S. The molecule has 0 aromatic heterocycles. The monoisotopic (exact) mass is 492 g/mol. The van der Waals surface area contributed by atoms with E-state index in [1.807, 2.05) is 0 Å². The Balaban J connectivity index is 0.0000102. The average Bonchev–Trinajstić information content (AvgIpc) is 2.75. The van der Waals surface area contributed by atoms with Crippen molar-refractivity contribution in [1.82, 2.24) is 0 Å². The Hall–Kier alpha value is -0.930. The Morgan fingerprint density at radius 1 is 0.727 bits per heavy atom. The van der Waals surface area contributed by atoms with Gasteiger partial charge in [-0.05, 0) is 18.6 Å². The molecule has 1 rings (SSSR count). The molecule has 0 fully saturated rings. The van der Waals surface area contributed by atoms with Gasteiger partial charge in [0, 0.05) is 0 Å². The number of carbonyl (C=O) groups excluding carboxylic acids is 2. The van der Waals surface area contributed by atoms with E-state index in [4.69, 9.17) is 9.47 Å². The normalized spacial score (nSPS) is 11.0. The molecule has 9 heteroatoms. The summed E-state index contributed by atoms with van der Waals surface area (Å²) in [4.78, 5) is 24.4. The summed E-state index contributed by atoms with van der Waals surface area (Å²) >= 11 is 0. The molecule has 0 amide bonds. The van der Waals surface area contributed by atoms with Crippen LogP contribution in [0.25, 0.3) is 0 Å². The summed E-state index contributed by atoms with van der Waals surface area (Å²) in [7, 11) is -4.48. The number of hydrogen-bond donors (Lipinski definition) is 0. The van der Waals surface area contributed by atoms with Gasteiger partial charge in [-0.2, -0.15) is 0 Å². The van der Waals surface area contributed by atoms with Gasteiger partial charge in [-0.3, -0.25) is 0 Å². The minimum atomic E-state index is -4.48. The number of unbranched alkanes of at least 4 members (excludes halogenated alkanes) is 11. The molecule has 0 aliphatic rings. The van der Waals surface area contributed by atoms with Gasteiger partial charge in [-0.15, -0.1) is 0 Å². The van der Waals surface area contributed by atoms with Crippen LogP contribution in [0.3, 0.4) is 0 Å². The van der Waals surface area contributed by atoms with Crippen LogP contribution in [-0.4, -0.2) is 43.9 Å². The Morgan fingerprint density at radius 2 is 1.12 bits per heavy atom. The molecule has 0 spiro atoms. The van der Waals surface area contributed by atoms with E-state index in [9.17, 15) is 22.6 Å². The molecule has 0 saturated carbocycles. The fourth-order valence-corrected chi connectivity index (χ4v) is 3.63. The van der Waals surface area contributed by atoms with E-state index in [2.05, 4.69) is 6.92 Å². The smallest absolute Gasteiger partial charge is 0.748 e. The van der Waals surface area contributed by atoms with Crippen molar-refractivity contribution < 1.29 is 61.6 Å². The summed E-state index contributed by atoms with van der Waals surface area (Å²) in [6.45, 7) is 1.94. The minimum Gasteiger partial charge on any atom is -0.748 e. The second-order valence-corrected chi connectivity index (χ2v) is 9.49. The predicted octanol–water partition coefficient (Wildman–Crippen LogP) is 2.25. The Labute approximate surface area is 221 Å². The van der Waals surface area contributed by atoms with Gasteiger partial charge in [0.2, 0.25) is 0 Å². The third-order valence-corrected chi connectivity index (χ3v) is 5.83. The first-order valence-corrected chi connectivity index (χ1v) is 13.3. The Morgan fingerprint density at radius 3 is 1.55 bits per heavy atom. The molecule has 7 nitrogen and oxygen atoms in total. The first kappa shape index (κ1) is 32.1. The minimum absolute atomic E-state index is 0. The van der Waals surface area contributed by atoms with Gasteiger partial charge in [0.25, 0.3) is 0 Å². The molecule has 0 radical (unpaired) electrons. The zero-order valence-corrected chi connectivity index (χ0v) is 23.0. The van der Waals surface area contributed by atoms with Crippen LogP contribution in [0.1, 0.15) is 105 Å². The molecule has 0 N–H and O–H groups in total. The molecule has 0 bridgehead atoms. The van der Waals surface area contributed by atoms with Crippen molar-refractivity contribution in [2.45, 2.75) is 84.0 Å². The van der Waals surface area contributed by atoms with Crippen LogP contribution in [0.15, 0.2) is 24.3 Å². The second-order valence-electron chi connectivity index (χ2n) is 7.97. The van der Waals surface area contributed by atoms with E-state index < -0.39 is 34.4 Å². The van der Waals surface area contributed by atoms with Crippen molar-refractivity contribution in [1.29, 1.82) is 0 Å². The van der Waals surface area contributed by atoms with Crippen molar-refractivity contribution in [2.75, 3.05) is 19.0 Å². The molecule has 0 heterocycles. The summed E-state index contributed by atoms with van der Waals surface area (Å²) < 4.78 is 41.9. The number of rotatable bonds is 18. The summed E-state index contributed by atoms with van der Waals surface area (Å²) in [5.74, 6) is -2.31. The van der Waals surface area contributed by atoms with Crippen LogP contribution in [0, 0.1) is 0 Å². The first-order valence-electron chi connectivity index (χ1n) is 11.7. The zero-order valence-electron chi connectivity index (χ0n) is 20.2. The molecule has 33 heavy (non-hydrogen) atoms. The summed E-state index contributed by atoms with van der Waals surface area (Å²) in [5, 5.41) is 0. The third kappa shape index (κ3) is 16.4. The largest absolute Gasteiger partial charge is 1.00 e. The predicted molar refractivity (Wildman–Crippen MR) is 123 cm³/mol. The van der Waals surface area contributed by atoms with Gasteiger partial charge in [0.05, 0.1) is 33.6 Å². The van der Waals surface area contributed by atoms with Crippen molar-refractivity contribution in [2.24, 2.45) is 0 Å². The maximum atomic E-state index is 12.3. The van der Waals surface area contributed by atoms with E-state index in [0.717, 1.165) is 19.3 Å². The van der Waals surface area contributed by atoms with E-state index in [1.165, 1.54) is 69.9 Å². The van der Waals surface area contributed by atoms with Gasteiger partial charge in [-0.1, -0.05) is 89.7 Å². The van der Waals surface area contributed by atoms with Crippen LogP contribution in [0.2, 0.25) is 0 Å². The molecule has 182 valence electrons. The topological polar surface area (TPSA) is 110 Å². The molecule has 1 aromatic rings. The van der Waals surface area contributed by atoms with Gasteiger partial charge < -0.3 is 14.0 Å². The number of esters is 2. The maximum absolute atomic E-state index is 12.3. The van der Waals surface area contributed by atoms with E-state index >= 15 is 0 Å². The van der Waals surface area contributed by atoms with Crippen LogP contribution in [0.4, 0.5) is 0 Å². The molecule has 0 unspecified atom stereocenters. The second kappa shape index (κ2) is 19.4. The number of benzene rings is 1. The first-order chi connectivity index (χ1) is 15.3. The van der Waals surface area contributed by atoms with Gasteiger partial charge >= 0.3 is 41.5 Å². The quantitative estimate of drug-likeness (QED) is 0.134. The SMILES string of the molecule is CCCCCCCCCCCCCCOC(=O)c1ccccc1C(=O)OCCS(=O)(=O)[O-].[Na+]. The third-order valence-electron chi connectivity index (χ3n) is 5.16. The van der Waals surface area contributed by atoms with E-state index in [0.29, 0.717) is 0 Å². The van der Waals surface area contributed by atoms with E-state index in [1.54, 1.807) is 12.1 Å². The van der Waals surface area contributed by atoms with Gasteiger partial charge in [-0.25, -0.2) is 18.0 Å².